The topological polar surface area (TPSA) is 55.4 Å². The maximum Gasteiger partial charge on any atom is 0.325 e. The molecule has 0 spiro atoms. The number of carbonyl (C=O) groups is 2. The van der Waals surface area contributed by atoms with E-state index < -0.39 is 11.6 Å². The van der Waals surface area contributed by atoms with E-state index in [1.807, 2.05) is 30.3 Å². The molecule has 4 heteroatoms. The molecule has 0 aliphatic heterocycles. The molecule has 0 aliphatic rings. The van der Waals surface area contributed by atoms with E-state index in [0.29, 0.717) is 12.8 Å². The second-order valence-electron chi connectivity index (χ2n) is 5.35. The second kappa shape index (κ2) is 6.92. The van der Waals surface area contributed by atoms with Crippen molar-refractivity contribution < 1.29 is 14.3 Å². The minimum atomic E-state index is -0.522. The summed E-state index contributed by atoms with van der Waals surface area (Å²) in [6, 6.07) is 9.76. The van der Waals surface area contributed by atoms with E-state index in [0.717, 1.165) is 5.56 Å². The van der Waals surface area contributed by atoms with Gasteiger partial charge in [-0.2, -0.15) is 0 Å². The molecule has 4 nitrogen and oxygen atoms in total. The van der Waals surface area contributed by atoms with Crippen LogP contribution in [-0.4, -0.2) is 24.0 Å². The van der Waals surface area contributed by atoms with Crippen molar-refractivity contribution in [3.05, 3.63) is 35.9 Å². The summed E-state index contributed by atoms with van der Waals surface area (Å²) in [4.78, 5) is 23.0. The van der Waals surface area contributed by atoms with E-state index >= 15 is 0 Å². The van der Waals surface area contributed by atoms with Crippen LogP contribution in [0.3, 0.4) is 0 Å². The smallest absolute Gasteiger partial charge is 0.325 e. The number of ether oxygens (including phenoxy) is 1. The van der Waals surface area contributed by atoms with Crippen LogP contribution < -0.4 is 5.32 Å². The Morgan fingerprint density at radius 3 is 2.37 bits per heavy atom. The normalized spacial score (nSPS) is 10.9. The Bertz CT molecular complexity index is 421. The highest BCUT2D eigenvalue weighted by Gasteiger charge is 2.16. The summed E-state index contributed by atoms with van der Waals surface area (Å²) < 4.78 is 5.10. The van der Waals surface area contributed by atoms with Crippen LogP contribution >= 0.6 is 0 Å². The third kappa shape index (κ3) is 7.24. The van der Waals surface area contributed by atoms with Gasteiger partial charge >= 0.3 is 5.97 Å². The predicted octanol–water partition coefficient (Wildman–Crippen LogP) is 2.08. The molecule has 0 saturated carbocycles. The van der Waals surface area contributed by atoms with E-state index in [4.69, 9.17) is 4.74 Å². The second-order valence-corrected chi connectivity index (χ2v) is 5.35. The van der Waals surface area contributed by atoms with Gasteiger partial charge in [-0.05, 0) is 32.8 Å². The fourth-order valence-electron chi connectivity index (χ4n) is 1.54. The van der Waals surface area contributed by atoms with Crippen LogP contribution in [0.4, 0.5) is 0 Å². The van der Waals surface area contributed by atoms with Crippen molar-refractivity contribution in [3.63, 3.8) is 0 Å². The molecule has 1 amide bonds. The molecule has 0 unspecified atom stereocenters. The number of aryl methyl sites for hydroxylation is 1. The maximum absolute atomic E-state index is 11.6. The zero-order valence-corrected chi connectivity index (χ0v) is 11.7. The number of benzene rings is 1. The van der Waals surface area contributed by atoms with Crippen molar-refractivity contribution in [1.29, 1.82) is 0 Å². The van der Waals surface area contributed by atoms with E-state index in [1.165, 1.54) is 0 Å². The quantitative estimate of drug-likeness (QED) is 0.827. The van der Waals surface area contributed by atoms with E-state index in [9.17, 15) is 9.59 Å². The molecule has 1 rings (SSSR count). The van der Waals surface area contributed by atoms with Crippen molar-refractivity contribution >= 4 is 11.9 Å². The zero-order chi connectivity index (χ0) is 14.3. The van der Waals surface area contributed by atoms with Crippen LogP contribution in [0.15, 0.2) is 30.3 Å². The van der Waals surface area contributed by atoms with Crippen LogP contribution in [0, 0.1) is 0 Å². The molecule has 0 aromatic heterocycles. The minimum Gasteiger partial charge on any atom is -0.459 e. The highest BCUT2D eigenvalue weighted by molar-refractivity contribution is 5.82. The van der Waals surface area contributed by atoms with Gasteiger partial charge in [0.05, 0.1) is 0 Å². The van der Waals surface area contributed by atoms with Gasteiger partial charge in [-0.1, -0.05) is 30.3 Å². The van der Waals surface area contributed by atoms with Gasteiger partial charge in [0, 0.05) is 6.42 Å². The molecule has 0 saturated heterocycles. The monoisotopic (exact) mass is 263 g/mol. The van der Waals surface area contributed by atoms with Gasteiger partial charge in [0.2, 0.25) is 5.91 Å². The Labute approximate surface area is 114 Å². The molecule has 19 heavy (non-hydrogen) atoms. The minimum absolute atomic E-state index is 0.0785. The summed E-state index contributed by atoms with van der Waals surface area (Å²) in [7, 11) is 0. The number of hydrogen-bond acceptors (Lipinski definition) is 3. The molecule has 0 radical (unpaired) electrons. The van der Waals surface area contributed by atoms with Crippen LogP contribution in [-0.2, 0) is 20.7 Å². The standard InChI is InChI=1S/C15H21NO3/c1-15(2,3)19-14(18)11-16-13(17)10-9-12-7-5-4-6-8-12/h4-8H,9-11H2,1-3H3,(H,16,17). The van der Waals surface area contributed by atoms with Crippen molar-refractivity contribution in [3.8, 4) is 0 Å². The molecule has 0 atom stereocenters. The molecule has 0 fully saturated rings. The number of rotatable bonds is 5. The number of amides is 1. The third-order valence-corrected chi connectivity index (χ3v) is 2.33. The van der Waals surface area contributed by atoms with Crippen molar-refractivity contribution in [2.24, 2.45) is 0 Å². The molecule has 0 aliphatic carbocycles. The zero-order valence-electron chi connectivity index (χ0n) is 11.7. The number of hydrogen-bond donors (Lipinski definition) is 1. The Kier molecular flexibility index (Phi) is 5.55. The largest absolute Gasteiger partial charge is 0.459 e. The highest BCUT2D eigenvalue weighted by atomic mass is 16.6. The lowest BCUT2D eigenvalue weighted by Crippen LogP contribution is -2.34. The van der Waals surface area contributed by atoms with Crippen molar-refractivity contribution in [1.82, 2.24) is 5.32 Å². The van der Waals surface area contributed by atoms with Gasteiger partial charge in [-0.15, -0.1) is 0 Å². The van der Waals surface area contributed by atoms with Gasteiger partial charge in [-0.25, -0.2) is 0 Å². The van der Waals surface area contributed by atoms with Gasteiger partial charge in [-0.3, -0.25) is 9.59 Å². The lowest BCUT2D eigenvalue weighted by atomic mass is 10.1. The Hall–Kier alpha value is -1.84. The number of esters is 1. The van der Waals surface area contributed by atoms with Gasteiger partial charge < -0.3 is 10.1 Å². The summed E-state index contributed by atoms with van der Waals surface area (Å²) in [6.45, 7) is 5.30. The first-order valence-corrected chi connectivity index (χ1v) is 6.39. The molecule has 1 aromatic rings. The summed E-state index contributed by atoms with van der Waals surface area (Å²) in [5.74, 6) is -0.560. The molecular weight excluding hydrogens is 242 g/mol. The third-order valence-electron chi connectivity index (χ3n) is 2.33. The summed E-state index contributed by atoms with van der Waals surface area (Å²) in [5, 5.41) is 2.56. The first-order chi connectivity index (χ1) is 8.87. The highest BCUT2D eigenvalue weighted by Crippen LogP contribution is 2.06. The summed E-state index contributed by atoms with van der Waals surface area (Å²) >= 11 is 0. The van der Waals surface area contributed by atoms with Crippen LogP contribution in [0.2, 0.25) is 0 Å². The SMILES string of the molecule is CC(C)(C)OC(=O)CNC(=O)CCc1ccccc1. The Morgan fingerprint density at radius 2 is 1.79 bits per heavy atom. The molecule has 0 bridgehead atoms. The number of nitrogens with one attached hydrogen (secondary N) is 1. The maximum atomic E-state index is 11.6. The molecular formula is C15H21NO3. The van der Waals surface area contributed by atoms with Crippen LogP contribution in [0.1, 0.15) is 32.8 Å². The predicted molar refractivity (Wildman–Crippen MR) is 73.6 cm³/mol. The lowest BCUT2D eigenvalue weighted by Gasteiger charge is -2.19. The first-order valence-electron chi connectivity index (χ1n) is 6.39. The Morgan fingerprint density at radius 1 is 1.16 bits per heavy atom. The molecule has 1 aromatic carbocycles. The van der Waals surface area contributed by atoms with E-state index in [-0.39, 0.29) is 12.5 Å². The Balaban J connectivity index is 2.23. The first kappa shape index (κ1) is 15.2. The van der Waals surface area contributed by atoms with E-state index in [1.54, 1.807) is 20.8 Å². The van der Waals surface area contributed by atoms with Gasteiger partial charge in [0.15, 0.2) is 0 Å². The summed E-state index contributed by atoms with van der Waals surface area (Å²) in [6.07, 6.45) is 1.04. The average Bonchev–Trinajstić information content (AvgIpc) is 2.33. The molecule has 1 N–H and O–H groups in total. The lowest BCUT2D eigenvalue weighted by molar-refractivity contribution is -0.154. The van der Waals surface area contributed by atoms with Crippen molar-refractivity contribution in [2.45, 2.75) is 39.2 Å². The van der Waals surface area contributed by atoms with Gasteiger partial charge in [0.1, 0.15) is 12.1 Å². The average molecular weight is 263 g/mol. The fourth-order valence-corrected chi connectivity index (χ4v) is 1.54. The number of carbonyl (C=O) groups excluding carboxylic acids is 2. The van der Waals surface area contributed by atoms with Crippen LogP contribution in [0.25, 0.3) is 0 Å². The molecule has 0 heterocycles. The van der Waals surface area contributed by atoms with E-state index in [2.05, 4.69) is 5.32 Å². The fraction of sp³-hybridized carbons (Fsp3) is 0.467. The van der Waals surface area contributed by atoms with Crippen molar-refractivity contribution in [2.75, 3.05) is 6.54 Å². The van der Waals surface area contributed by atoms with Gasteiger partial charge in [0.25, 0.3) is 0 Å². The molecule has 104 valence electrons. The summed E-state index contributed by atoms with van der Waals surface area (Å²) in [5.41, 5.74) is 0.584. The van der Waals surface area contributed by atoms with Crippen LogP contribution in [0.5, 0.6) is 0 Å².